The normalized spacial score (nSPS) is 20.4. The van der Waals surface area contributed by atoms with Crippen molar-refractivity contribution < 1.29 is 27.9 Å². The third-order valence-corrected chi connectivity index (χ3v) is 5.71. The van der Waals surface area contributed by atoms with Gasteiger partial charge in [-0.3, -0.25) is 19.5 Å². The molecule has 172 valence electrons. The number of rotatable bonds is 3. The van der Waals surface area contributed by atoms with Crippen molar-refractivity contribution in [2.75, 3.05) is 13.1 Å². The minimum Gasteiger partial charge on any atom is -0.475 e. The van der Waals surface area contributed by atoms with Crippen molar-refractivity contribution in [1.29, 1.82) is 0 Å². The van der Waals surface area contributed by atoms with E-state index in [0.29, 0.717) is 11.7 Å². The fourth-order valence-electron chi connectivity index (χ4n) is 4.18. The zero-order chi connectivity index (χ0) is 23.5. The smallest absolute Gasteiger partial charge is 0.475 e. The lowest BCUT2D eigenvalue weighted by molar-refractivity contribution is -0.192. The maximum Gasteiger partial charge on any atom is 0.490 e. The van der Waals surface area contributed by atoms with Crippen LogP contribution in [-0.4, -0.2) is 67.7 Å². The molecular formula is C21H23F3N4O4. The van der Waals surface area contributed by atoms with Crippen molar-refractivity contribution in [3.8, 4) is 0 Å². The molecule has 2 saturated heterocycles. The number of carboxylic acids is 1. The highest BCUT2D eigenvalue weighted by molar-refractivity contribution is 5.93. The first-order chi connectivity index (χ1) is 15.1. The number of aliphatic carboxylic acids is 1. The SMILES string of the molecule is Cn1c(C(=O)N2CC[C@H]3[C@H]2CCN3Cc2cccnc2)cccc1=O.O=C(O)C(F)(F)F. The topological polar surface area (TPSA) is 95.7 Å². The Balaban J connectivity index is 0.000000360. The molecule has 2 fully saturated rings. The summed E-state index contributed by atoms with van der Waals surface area (Å²) in [6.07, 6.45) is 0.580. The Hall–Kier alpha value is -3.21. The summed E-state index contributed by atoms with van der Waals surface area (Å²) in [4.78, 5) is 42.3. The Morgan fingerprint density at radius 1 is 1.12 bits per heavy atom. The highest BCUT2D eigenvalue weighted by Gasteiger charge is 2.44. The van der Waals surface area contributed by atoms with Crippen molar-refractivity contribution in [3.63, 3.8) is 0 Å². The van der Waals surface area contributed by atoms with Crippen molar-refractivity contribution in [2.45, 2.75) is 37.6 Å². The van der Waals surface area contributed by atoms with Crippen LogP contribution in [0.1, 0.15) is 28.9 Å². The number of hydrogen-bond acceptors (Lipinski definition) is 5. The highest BCUT2D eigenvalue weighted by Crippen LogP contribution is 2.33. The van der Waals surface area contributed by atoms with Crippen LogP contribution >= 0.6 is 0 Å². The molecule has 8 nitrogen and oxygen atoms in total. The van der Waals surface area contributed by atoms with E-state index in [-0.39, 0.29) is 17.5 Å². The molecule has 32 heavy (non-hydrogen) atoms. The maximum absolute atomic E-state index is 13.0. The van der Waals surface area contributed by atoms with E-state index in [4.69, 9.17) is 9.90 Å². The van der Waals surface area contributed by atoms with Gasteiger partial charge in [0.25, 0.3) is 11.5 Å². The molecule has 1 amide bonds. The van der Waals surface area contributed by atoms with Gasteiger partial charge in [0, 0.05) is 57.2 Å². The fourth-order valence-corrected chi connectivity index (χ4v) is 4.18. The summed E-state index contributed by atoms with van der Waals surface area (Å²) in [6, 6.07) is 9.56. The molecule has 2 aromatic rings. The second-order valence-electron chi connectivity index (χ2n) is 7.65. The Labute approximate surface area is 181 Å². The standard InChI is InChI=1S/C19H22N4O2.C2HF3O2/c1-21-17(5-2-6-18(21)24)19(25)23-11-8-15-16(23)7-10-22(15)13-14-4-3-9-20-12-14;3-2(4,5)1(6)7/h2-6,9,12,15-16H,7-8,10-11,13H2,1H3;(H,6,7)/t15-,16+;/m0./s1. The van der Waals surface area contributed by atoms with Crippen LogP contribution < -0.4 is 5.56 Å². The third-order valence-electron chi connectivity index (χ3n) is 5.71. The summed E-state index contributed by atoms with van der Waals surface area (Å²) in [5.74, 6) is -2.79. The van der Waals surface area contributed by atoms with Gasteiger partial charge in [0.15, 0.2) is 0 Å². The summed E-state index contributed by atoms with van der Waals surface area (Å²) < 4.78 is 33.2. The second kappa shape index (κ2) is 9.51. The number of carboxylic acid groups (broad SMARTS) is 1. The number of halogens is 3. The Morgan fingerprint density at radius 3 is 2.44 bits per heavy atom. The number of carbonyl (C=O) groups excluding carboxylic acids is 1. The highest BCUT2D eigenvalue weighted by atomic mass is 19.4. The molecular weight excluding hydrogens is 429 g/mol. The lowest BCUT2D eigenvalue weighted by atomic mass is 10.1. The lowest BCUT2D eigenvalue weighted by Crippen LogP contribution is -2.41. The van der Waals surface area contributed by atoms with Crippen LogP contribution in [0.4, 0.5) is 13.2 Å². The summed E-state index contributed by atoms with van der Waals surface area (Å²) in [6.45, 7) is 2.61. The number of carbonyl (C=O) groups is 2. The van der Waals surface area contributed by atoms with Crippen LogP contribution in [0.15, 0.2) is 47.5 Å². The molecule has 4 heterocycles. The summed E-state index contributed by atoms with van der Waals surface area (Å²) in [7, 11) is 1.66. The molecule has 4 rings (SSSR count). The molecule has 0 radical (unpaired) electrons. The van der Waals surface area contributed by atoms with Gasteiger partial charge < -0.3 is 14.6 Å². The largest absolute Gasteiger partial charge is 0.490 e. The first-order valence-corrected chi connectivity index (χ1v) is 9.99. The monoisotopic (exact) mass is 452 g/mol. The van der Waals surface area contributed by atoms with E-state index >= 15 is 0 Å². The average Bonchev–Trinajstić information content (AvgIpc) is 3.33. The number of amides is 1. The molecule has 2 atom stereocenters. The minimum absolute atomic E-state index is 0.0315. The first-order valence-electron chi connectivity index (χ1n) is 9.99. The van der Waals surface area contributed by atoms with E-state index in [1.54, 1.807) is 25.4 Å². The molecule has 0 saturated carbocycles. The van der Waals surface area contributed by atoms with Crippen LogP contribution in [0.3, 0.4) is 0 Å². The third kappa shape index (κ3) is 5.16. The van der Waals surface area contributed by atoms with Gasteiger partial charge in [0.2, 0.25) is 0 Å². The Bertz CT molecular complexity index is 1030. The molecule has 1 N–H and O–H groups in total. The molecule has 2 aliphatic heterocycles. The summed E-state index contributed by atoms with van der Waals surface area (Å²) in [5.41, 5.74) is 1.53. The number of nitrogens with zero attached hydrogens (tertiary/aromatic N) is 4. The number of fused-ring (bicyclic) bond motifs is 1. The second-order valence-corrected chi connectivity index (χ2v) is 7.65. The van der Waals surface area contributed by atoms with Crippen LogP contribution in [0.25, 0.3) is 0 Å². The number of hydrogen-bond donors (Lipinski definition) is 1. The van der Waals surface area contributed by atoms with Gasteiger partial charge in [-0.2, -0.15) is 13.2 Å². The number of aromatic nitrogens is 2. The molecule has 0 aliphatic carbocycles. The van der Waals surface area contributed by atoms with E-state index in [0.717, 1.165) is 32.5 Å². The van der Waals surface area contributed by atoms with Gasteiger partial charge >= 0.3 is 12.1 Å². The molecule has 0 bridgehead atoms. The molecule has 11 heteroatoms. The van der Waals surface area contributed by atoms with Crippen LogP contribution in [-0.2, 0) is 18.4 Å². The molecule has 2 aromatic heterocycles. The van der Waals surface area contributed by atoms with Crippen molar-refractivity contribution in [2.24, 2.45) is 7.05 Å². The predicted octanol–water partition coefficient (Wildman–Crippen LogP) is 1.90. The van der Waals surface area contributed by atoms with Gasteiger partial charge in [-0.1, -0.05) is 12.1 Å². The average molecular weight is 452 g/mol. The lowest BCUT2D eigenvalue weighted by Gasteiger charge is -2.26. The number of likely N-dealkylation sites (tertiary alicyclic amines) is 2. The number of pyridine rings is 2. The van der Waals surface area contributed by atoms with E-state index in [1.807, 2.05) is 17.2 Å². The Kier molecular flexibility index (Phi) is 6.97. The van der Waals surface area contributed by atoms with E-state index in [1.165, 1.54) is 16.2 Å². The van der Waals surface area contributed by atoms with E-state index in [9.17, 15) is 22.8 Å². The summed E-state index contributed by atoms with van der Waals surface area (Å²) in [5, 5.41) is 7.12. The van der Waals surface area contributed by atoms with Crippen LogP contribution in [0.2, 0.25) is 0 Å². The number of alkyl halides is 3. The molecule has 0 unspecified atom stereocenters. The zero-order valence-electron chi connectivity index (χ0n) is 17.3. The van der Waals surface area contributed by atoms with Crippen LogP contribution in [0.5, 0.6) is 0 Å². The minimum atomic E-state index is -5.08. The zero-order valence-corrected chi connectivity index (χ0v) is 17.3. The maximum atomic E-state index is 13.0. The van der Waals surface area contributed by atoms with Gasteiger partial charge in [-0.05, 0) is 30.5 Å². The van der Waals surface area contributed by atoms with E-state index in [2.05, 4.69) is 16.0 Å². The van der Waals surface area contributed by atoms with Crippen molar-refractivity contribution in [3.05, 3.63) is 64.3 Å². The molecule has 2 aliphatic rings. The van der Waals surface area contributed by atoms with Gasteiger partial charge in [0.1, 0.15) is 5.69 Å². The van der Waals surface area contributed by atoms with Gasteiger partial charge in [0.05, 0.1) is 0 Å². The predicted molar refractivity (Wildman–Crippen MR) is 108 cm³/mol. The molecule has 0 spiro atoms. The fraction of sp³-hybridized carbons (Fsp3) is 0.429. The molecule has 0 aromatic carbocycles. The van der Waals surface area contributed by atoms with Crippen LogP contribution in [0, 0.1) is 0 Å². The van der Waals surface area contributed by atoms with Gasteiger partial charge in [-0.15, -0.1) is 0 Å². The van der Waals surface area contributed by atoms with Crippen molar-refractivity contribution >= 4 is 11.9 Å². The summed E-state index contributed by atoms with van der Waals surface area (Å²) >= 11 is 0. The van der Waals surface area contributed by atoms with Gasteiger partial charge in [-0.25, -0.2) is 4.79 Å². The van der Waals surface area contributed by atoms with Crippen molar-refractivity contribution in [1.82, 2.24) is 19.4 Å². The quantitative estimate of drug-likeness (QED) is 0.765. The Morgan fingerprint density at radius 2 is 1.81 bits per heavy atom. The van der Waals surface area contributed by atoms with E-state index < -0.39 is 12.1 Å². The first kappa shape index (κ1) is 23.5.